The fourth-order valence-electron chi connectivity index (χ4n) is 3.67. The predicted molar refractivity (Wildman–Crippen MR) is 90.0 cm³/mol. The van der Waals surface area contributed by atoms with Gasteiger partial charge in [0.1, 0.15) is 0 Å². The molecule has 24 heavy (non-hydrogen) atoms. The monoisotopic (exact) mass is 610 g/mol. The van der Waals surface area contributed by atoms with Gasteiger partial charge >= 0.3 is 156 Å². The fourth-order valence-corrected chi connectivity index (χ4v) is 31.9. The van der Waals surface area contributed by atoms with Crippen LogP contribution in [0.15, 0.2) is 18.8 Å². The molecule has 0 radical (unpaired) electrons. The molecule has 0 nitrogen and oxygen atoms in total. The Bertz CT molecular complexity index is 618. The van der Waals surface area contributed by atoms with Crippen molar-refractivity contribution < 1.29 is 26.3 Å². The summed E-state index contributed by atoms with van der Waals surface area (Å²) in [6, 6.07) is 0. The Hall–Kier alpha value is 1.24. The Morgan fingerprint density at radius 3 is 1.00 bits per heavy atom. The summed E-state index contributed by atoms with van der Waals surface area (Å²) in [5.41, 5.74) is -7.87. The van der Waals surface area contributed by atoms with E-state index in [1.807, 2.05) is 0 Å². The molecule has 0 amide bonds. The van der Waals surface area contributed by atoms with E-state index in [2.05, 4.69) is 0 Å². The Balaban J connectivity index is 3.18. The number of alkyl halides is 6. The molecule has 0 spiro atoms. The van der Waals surface area contributed by atoms with E-state index in [1.165, 1.54) is 0 Å². The van der Waals surface area contributed by atoms with E-state index in [1.54, 1.807) is 29.6 Å². The first kappa shape index (κ1) is 21.5. The summed E-state index contributed by atoms with van der Waals surface area (Å²) in [6.07, 6.45) is 0. The van der Waals surface area contributed by atoms with Crippen LogP contribution in [0.5, 0.6) is 0 Å². The number of hydrogen-bond donors (Lipinski definition) is 0. The van der Waals surface area contributed by atoms with Gasteiger partial charge in [-0.05, 0) is 0 Å². The van der Waals surface area contributed by atoms with Crippen LogP contribution in [0.2, 0.25) is 29.6 Å². The van der Waals surface area contributed by atoms with E-state index in [0.29, 0.717) is 0 Å². The zero-order valence-electron chi connectivity index (χ0n) is 14.0. The molecule has 4 atom stereocenters. The molecule has 0 aromatic rings. The van der Waals surface area contributed by atoms with Crippen molar-refractivity contribution in [3.05, 3.63) is 18.8 Å². The van der Waals surface area contributed by atoms with Crippen LogP contribution in [0.1, 0.15) is 0 Å². The van der Waals surface area contributed by atoms with Crippen molar-refractivity contribution in [3.8, 4) is 0 Å². The summed E-state index contributed by atoms with van der Waals surface area (Å²) in [5.74, 6) is -4.67. The second kappa shape index (κ2) is 5.40. The Morgan fingerprint density at radius 1 is 0.625 bits per heavy atom. The molecule has 4 unspecified atom stereocenters. The summed E-state index contributed by atoms with van der Waals surface area (Å²) in [4.78, 5) is 9.50. The molecule has 10 heteroatoms. The molecule has 0 fully saturated rings. The van der Waals surface area contributed by atoms with E-state index >= 15 is 8.78 Å². The van der Waals surface area contributed by atoms with Gasteiger partial charge in [0.2, 0.25) is 0 Å². The molecule has 3 rings (SSSR count). The zero-order valence-corrected chi connectivity index (χ0v) is 21.2. The van der Waals surface area contributed by atoms with Gasteiger partial charge in [0.05, 0.1) is 0 Å². The molecule has 2 bridgehead atoms. The maximum atomic E-state index is 15.7. The molecule has 0 saturated heterocycles. The third kappa shape index (κ3) is 2.20. The van der Waals surface area contributed by atoms with Crippen LogP contribution in [0.3, 0.4) is 0 Å². The standard InChI is InChI=1S/C8Cl2F6.6CH3.2Sn/c9-7(15)5(13)1-2-6(14,8(7,10)16)4(12)3(5)11;;;;;;;;/h;6*1H3;;. The van der Waals surface area contributed by atoms with Gasteiger partial charge in [-0.15, -0.1) is 0 Å². The van der Waals surface area contributed by atoms with Crippen LogP contribution in [-0.4, -0.2) is 58.3 Å². The van der Waals surface area contributed by atoms with Gasteiger partial charge in [-0.25, -0.2) is 0 Å². The first-order chi connectivity index (χ1) is 10.3. The van der Waals surface area contributed by atoms with Gasteiger partial charge in [0, 0.05) is 0 Å². The van der Waals surface area contributed by atoms with Crippen molar-refractivity contribution in [2.24, 2.45) is 0 Å². The van der Waals surface area contributed by atoms with Crippen LogP contribution in [-0.2, 0) is 0 Å². The molecular formula is C14H18Cl2F6Sn2. The number of allylic oxidation sites excluding steroid dienone is 4. The van der Waals surface area contributed by atoms with E-state index in [4.69, 9.17) is 23.2 Å². The fraction of sp³-hybridized carbons (Fsp3) is 0.714. The van der Waals surface area contributed by atoms with Crippen LogP contribution in [0, 0.1) is 0 Å². The van der Waals surface area contributed by atoms with E-state index < -0.39 is 77.2 Å². The van der Waals surface area contributed by atoms with Crippen molar-refractivity contribution in [1.29, 1.82) is 0 Å². The molecule has 138 valence electrons. The Labute approximate surface area is 155 Å². The molecule has 0 aliphatic heterocycles. The van der Waals surface area contributed by atoms with E-state index in [9.17, 15) is 17.6 Å². The topological polar surface area (TPSA) is 0 Å². The van der Waals surface area contributed by atoms with Gasteiger partial charge in [-0.1, -0.05) is 0 Å². The van der Waals surface area contributed by atoms with Crippen molar-refractivity contribution in [2.75, 3.05) is 0 Å². The van der Waals surface area contributed by atoms with Gasteiger partial charge in [0.25, 0.3) is 0 Å². The van der Waals surface area contributed by atoms with Gasteiger partial charge in [-0.3, -0.25) is 0 Å². The minimum atomic E-state index is -4.30. The first-order valence-corrected chi connectivity index (χ1v) is 28.0. The van der Waals surface area contributed by atoms with E-state index in [0.717, 1.165) is 0 Å². The average molecular weight is 609 g/mol. The SMILES string of the molecule is [CH3][Sn]([CH3])([CH3])[C]1=[C]([Sn]([CH3])([CH3])[CH3])C2(F)C(F)=C(F)C1(F)C(F)(Cl)C2(F)Cl. The summed E-state index contributed by atoms with van der Waals surface area (Å²) < 4.78 is 89.3. The number of rotatable bonds is 2. The number of halogens is 8. The van der Waals surface area contributed by atoms with Crippen LogP contribution in [0.4, 0.5) is 26.3 Å². The summed E-state index contributed by atoms with van der Waals surface area (Å²) in [7, 11) is 0. The second-order valence-corrected chi connectivity index (χ2v) is 37.9. The van der Waals surface area contributed by atoms with Crippen molar-refractivity contribution >= 4 is 60.0 Å². The molecule has 0 aromatic heterocycles. The normalized spacial score (nSPS) is 43.8. The van der Waals surface area contributed by atoms with Gasteiger partial charge in [-0.2, -0.15) is 0 Å². The quantitative estimate of drug-likeness (QED) is 0.192. The third-order valence-corrected chi connectivity index (χ3v) is 19.6. The number of fused-ring (bicyclic) bond motifs is 1. The van der Waals surface area contributed by atoms with Crippen LogP contribution < -0.4 is 0 Å². The van der Waals surface area contributed by atoms with Crippen molar-refractivity contribution in [1.82, 2.24) is 0 Å². The maximum absolute atomic E-state index is 15.7. The molecule has 0 N–H and O–H groups in total. The summed E-state index contributed by atoms with van der Waals surface area (Å²) >= 11 is 3.03. The van der Waals surface area contributed by atoms with Gasteiger partial charge < -0.3 is 0 Å². The van der Waals surface area contributed by atoms with Crippen LogP contribution in [0.25, 0.3) is 0 Å². The molecule has 3 aliphatic carbocycles. The zero-order chi connectivity index (χ0) is 19.3. The third-order valence-electron chi connectivity index (χ3n) is 4.50. The summed E-state index contributed by atoms with van der Waals surface area (Å²) in [6.45, 7) is 0. The number of hydrogen-bond acceptors (Lipinski definition) is 0. The van der Waals surface area contributed by atoms with Gasteiger partial charge in [0.15, 0.2) is 0 Å². The average Bonchev–Trinajstić information content (AvgIpc) is 2.35. The van der Waals surface area contributed by atoms with Crippen LogP contribution >= 0.6 is 23.2 Å². The van der Waals surface area contributed by atoms with Crippen molar-refractivity contribution in [3.63, 3.8) is 0 Å². The Kier molecular flexibility index (Phi) is 4.84. The Morgan fingerprint density at radius 2 is 0.833 bits per heavy atom. The van der Waals surface area contributed by atoms with E-state index in [-0.39, 0.29) is 0 Å². The molecular weight excluding hydrogens is 590 g/mol. The molecule has 0 aromatic carbocycles. The van der Waals surface area contributed by atoms with Crippen molar-refractivity contribution in [2.45, 2.75) is 51.2 Å². The predicted octanol–water partition coefficient (Wildman–Crippen LogP) is 6.44. The molecule has 0 saturated carbocycles. The minimum absolute atomic E-state index is 0.479. The summed E-state index contributed by atoms with van der Waals surface area (Å²) in [5, 5.41) is -8.59. The molecule has 0 heterocycles. The second-order valence-electron chi connectivity index (χ2n) is 8.34. The first-order valence-electron chi connectivity index (χ1n) is 7.26. The molecule has 3 aliphatic rings.